The summed E-state index contributed by atoms with van der Waals surface area (Å²) in [6.45, 7) is 3.37. The molecule has 1 saturated heterocycles. The number of aromatic nitrogens is 1. The molecule has 2 heterocycles. The van der Waals surface area contributed by atoms with E-state index in [0.717, 1.165) is 32.5 Å². The zero-order valence-electron chi connectivity index (χ0n) is 11.6. The molecule has 1 aliphatic rings. The van der Waals surface area contributed by atoms with Crippen molar-refractivity contribution >= 4 is 16.5 Å². The van der Waals surface area contributed by atoms with Crippen molar-refractivity contribution in [2.75, 3.05) is 18.8 Å². The minimum absolute atomic E-state index is 0.432. The van der Waals surface area contributed by atoms with E-state index in [1.54, 1.807) is 6.20 Å². The molecule has 1 aliphatic heterocycles. The summed E-state index contributed by atoms with van der Waals surface area (Å²) in [6, 6.07) is 11.1. The summed E-state index contributed by atoms with van der Waals surface area (Å²) < 4.78 is 0. The minimum atomic E-state index is 0.432. The maximum absolute atomic E-state index is 5.86. The summed E-state index contributed by atoms with van der Waals surface area (Å²) in [5.41, 5.74) is 12.5. The van der Waals surface area contributed by atoms with Crippen LogP contribution in [0.15, 0.2) is 41.9 Å². The van der Waals surface area contributed by atoms with Gasteiger partial charge in [0.25, 0.3) is 0 Å². The predicted octanol–water partition coefficient (Wildman–Crippen LogP) is 2.33. The number of nitrogens with zero attached hydrogens (tertiary/aromatic N) is 2. The molecule has 0 spiro atoms. The fraction of sp³-hybridized carbons (Fsp3) is 0.400. The number of piperidine rings is 1. The molecule has 1 aromatic carbocycles. The average molecular weight is 290 g/mol. The van der Waals surface area contributed by atoms with Crippen LogP contribution in [0.1, 0.15) is 18.4 Å². The van der Waals surface area contributed by atoms with Crippen LogP contribution < -0.4 is 11.5 Å². The van der Waals surface area contributed by atoms with Crippen molar-refractivity contribution in [3.8, 4) is 0 Å². The average Bonchev–Trinajstić information content (AvgIpc) is 2.94. The van der Waals surface area contributed by atoms with Gasteiger partial charge < -0.3 is 11.5 Å². The summed E-state index contributed by atoms with van der Waals surface area (Å²) in [6.07, 6.45) is 3.97. The summed E-state index contributed by atoms with van der Waals surface area (Å²) in [5.74, 6) is 0. The molecular formula is C15H22N4S. The predicted molar refractivity (Wildman–Crippen MR) is 85.5 cm³/mol. The van der Waals surface area contributed by atoms with E-state index in [4.69, 9.17) is 11.5 Å². The van der Waals surface area contributed by atoms with Gasteiger partial charge in [-0.05, 0) is 31.5 Å². The van der Waals surface area contributed by atoms with E-state index in [1.165, 1.54) is 16.9 Å². The van der Waals surface area contributed by atoms with Crippen molar-refractivity contribution in [1.82, 2.24) is 9.88 Å². The second-order valence-electron chi connectivity index (χ2n) is 4.97. The Morgan fingerprint density at radius 2 is 1.90 bits per heavy atom. The van der Waals surface area contributed by atoms with Gasteiger partial charge in [-0.3, -0.25) is 4.90 Å². The molecule has 1 aromatic heterocycles. The fourth-order valence-corrected chi connectivity index (χ4v) is 2.57. The maximum atomic E-state index is 5.86. The van der Waals surface area contributed by atoms with E-state index < -0.39 is 0 Å². The Morgan fingerprint density at radius 3 is 2.40 bits per heavy atom. The molecule has 4 nitrogen and oxygen atoms in total. The first-order chi connectivity index (χ1) is 9.74. The highest BCUT2D eigenvalue weighted by Crippen LogP contribution is 2.12. The van der Waals surface area contributed by atoms with E-state index in [1.807, 2.05) is 5.38 Å². The van der Waals surface area contributed by atoms with Gasteiger partial charge in [0.1, 0.15) is 0 Å². The van der Waals surface area contributed by atoms with E-state index in [9.17, 15) is 0 Å². The number of thiazole rings is 1. The Kier molecular flexibility index (Phi) is 5.98. The van der Waals surface area contributed by atoms with Crippen molar-refractivity contribution in [2.24, 2.45) is 5.73 Å². The van der Waals surface area contributed by atoms with Crippen molar-refractivity contribution in [1.29, 1.82) is 0 Å². The van der Waals surface area contributed by atoms with Crippen LogP contribution >= 0.6 is 11.3 Å². The van der Waals surface area contributed by atoms with Gasteiger partial charge in [0.15, 0.2) is 5.13 Å². The largest absolute Gasteiger partial charge is 0.375 e. The lowest BCUT2D eigenvalue weighted by Gasteiger charge is -2.29. The summed E-state index contributed by atoms with van der Waals surface area (Å²) in [7, 11) is 0. The van der Waals surface area contributed by atoms with Crippen LogP contribution in [0.2, 0.25) is 0 Å². The SMILES string of the molecule is NC1CCN(Cc2ccccc2)CC1.Nc1nccs1. The lowest BCUT2D eigenvalue weighted by atomic mass is 10.1. The van der Waals surface area contributed by atoms with Gasteiger partial charge in [-0.25, -0.2) is 4.98 Å². The molecular weight excluding hydrogens is 268 g/mol. The molecule has 3 rings (SSSR count). The van der Waals surface area contributed by atoms with Crippen LogP contribution in [0.5, 0.6) is 0 Å². The van der Waals surface area contributed by atoms with E-state index in [2.05, 4.69) is 40.2 Å². The van der Waals surface area contributed by atoms with Gasteiger partial charge >= 0.3 is 0 Å². The van der Waals surface area contributed by atoms with Gasteiger partial charge in [0.2, 0.25) is 0 Å². The lowest BCUT2D eigenvalue weighted by Crippen LogP contribution is -2.39. The summed E-state index contributed by atoms with van der Waals surface area (Å²) >= 11 is 1.44. The highest BCUT2D eigenvalue weighted by atomic mass is 32.1. The molecule has 4 N–H and O–H groups in total. The fourth-order valence-electron chi connectivity index (χ4n) is 2.19. The first kappa shape index (κ1) is 15.0. The number of hydrogen-bond acceptors (Lipinski definition) is 5. The molecule has 5 heteroatoms. The van der Waals surface area contributed by atoms with Crippen LogP contribution in [0.4, 0.5) is 5.13 Å². The van der Waals surface area contributed by atoms with Crippen LogP contribution in [0, 0.1) is 0 Å². The smallest absolute Gasteiger partial charge is 0.179 e. The third-order valence-electron chi connectivity index (χ3n) is 3.33. The van der Waals surface area contributed by atoms with Crippen molar-refractivity contribution in [3.05, 3.63) is 47.5 Å². The van der Waals surface area contributed by atoms with Gasteiger partial charge in [-0.2, -0.15) is 0 Å². The molecule has 108 valence electrons. The summed E-state index contributed by atoms with van der Waals surface area (Å²) in [5, 5.41) is 2.48. The molecule has 0 saturated carbocycles. The zero-order chi connectivity index (χ0) is 14.2. The van der Waals surface area contributed by atoms with Crippen LogP contribution in [0.25, 0.3) is 0 Å². The van der Waals surface area contributed by atoms with Gasteiger partial charge in [0, 0.05) is 24.2 Å². The first-order valence-electron chi connectivity index (χ1n) is 6.91. The van der Waals surface area contributed by atoms with Gasteiger partial charge in [-0.1, -0.05) is 30.3 Å². The highest BCUT2D eigenvalue weighted by Gasteiger charge is 2.15. The Bertz CT molecular complexity index is 464. The van der Waals surface area contributed by atoms with Crippen molar-refractivity contribution in [2.45, 2.75) is 25.4 Å². The molecule has 0 aliphatic carbocycles. The van der Waals surface area contributed by atoms with Crippen LogP contribution in [0.3, 0.4) is 0 Å². The van der Waals surface area contributed by atoms with E-state index in [-0.39, 0.29) is 0 Å². The zero-order valence-corrected chi connectivity index (χ0v) is 12.4. The summed E-state index contributed by atoms with van der Waals surface area (Å²) in [4.78, 5) is 6.20. The Hall–Kier alpha value is -1.43. The third-order valence-corrected chi connectivity index (χ3v) is 3.94. The number of likely N-dealkylation sites (tertiary alicyclic amines) is 1. The second kappa shape index (κ2) is 7.99. The molecule has 0 radical (unpaired) electrons. The second-order valence-corrected chi connectivity index (χ2v) is 5.90. The molecule has 0 amide bonds. The molecule has 2 aromatic rings. The molecule has 0 unspecified atom stereocenters. The normalized spacial score (nSPS) is 16.4. The third kappa shape index (κ3) is 5.28. The van der Waals surface area contributed by atoms with Crippen molar-refractivity contribution < 1.29 is 0 Å². The number of benzene rings is 1. The molecule has 20 heavy (non-hydrogen) atoms. The minimum Gasteiger partial charge on any atom is -0.375 e. The Labute approximate surface area is 124 Å². The topological polar surface area (TPSA) is 68.2 Å². The Morgan fingerprint density at radius 1 is 1.20 bits per heavy atom. The van der Waals surface area contributed by atoms with Gasteiger partial charge in [-0.15, -0.1) is 11.3 Å². The van der Waals surface area contributed by atoms with E-state index in [0.29, 0.717) is 11.2 Å². The van der Waals surface area contributed by atoms with Gasteiger partial charge in [0.05, 0.1) is 0 Å². The number of nitrogen functional groups attached to an aromatic ring is 1. The highest BCUT2D eigenvalue weighted by molar-refractivity contribution is 7.13. The monoisotopic (exact) mass is 290 g/mol. The van der Waals surface area contributed by atoms with Crippen LogP contribution in [-0.2, 0) is 6.54 Å². The maximum Gasteiger partial charge on any atom is 0.179 e. The number of anilines is 1. The first-order valence-corrected chi connectivity index (χ1v) is 7.79. The molecule has 0 bridgehead atoms. The quantitative estimate of drug-likeness (QED) is 0.891. The van der Waals surface area contributed by atoms with E-state index >= 15 is 0 Å². The Balaban J connectivity index is 0.000000205. The number of nitrogens with two attached hydrogens (primary N) is 2. The number of rotatable bonds is 2. The lowest BCUT2D eigenvalue weighted by molar-refractivity contribution is 0.205. The standard InChI is InChI=1S/C12H18N2.C3H4N2S/c13-12-6-8-14(9-7-12)10-11-4-2-1-3-5-11;4-3-5-1-2-6-3/h1-5,12H,6-10,13H2;1-2H,(H2,4,5). The number of hydrogen-bond donors (Lipinski definition) is 2. The van der Waals surface area contributed by atoms with Crippen molar-refractivity contribution in [3.63, 3.8) is 0 Å². The molecule has 1 fully saturated rings. The van der Waals surface area contributed by atoms with Crippen LogP contribution in [-0.4, -0.2) is 29.0 Å². The molecule has 0 atom stereocenters.